The highest BCUT2D eigenvalue weighted by Crippen LogP contribution is 2.21. The van der Waals surface area contributed by atoms with E-state index < -0.39 is 0 Å². The lowest BCUT2D eigenvalue weighted by molar-refractivity contribution is 0.652. The van der Waals surface area contributed by atoms with Crippen LogP contribution in [0.3, 0.4) is 0 Å². The zero-order chi connectivity index (χ0) is 7.33. The van der Waals surface area contributed by atoms with Gasteiger partial charge in [0.25, 0.3) is 0 Å². The highest BCUT2D eigenvalue weighted by Gasteiger charge is 2.14. The number of thioether (sulfide) groups is 1. The summed E-state index contributed by atoms with van der Waals surface area (Å²) < 4.78 is 0. The van der Waals surface area contributed by atoms with Crippen LogP contribution in [0.4, 0.5) is 0 Å². The molecule has 0 aliphatic carbocycles. The summed E-state index contributed by atoms with van der Waals surface area (Å²) in [5, 5.41) is 0. The number of hydrogen-bond donors (Lipinski definition) is 2. The Morgan fingerprint density at radius 1 is 1.67 bits per heavy atom. The molecule has 0 rings (SSSR count). The van der Waals surface area contributed by atoms with Crippen LogP contribution in [-0.2, 0) is 0 Å². The fraction of sp³-hybridized carbons (Fsp3) is 1.00. The van der Waals surface area contributed by atoms with Crippen LogP contribution in [0.25, 0.3) is 0 Å². The Morgan fingerprint density at radius 3 is 2.56 bits per heavy atom. The van der Waals surface area contributed by atoms with Crippen LogP contribution in [0, 0.1) is 0 Å². The third-order valence-corrected chi connectivity index (χ3v) is 3.11. The quantitative estimate of drug-likeness (QED) is 0.490. The Morgan fingerprint density at radius 2 is 2.22 bits per heavy atom. The molecule has 0 radical (unpaired) electrons. The summed E-state index contributed by atoms with van der Waals surface area (Å²) in [5.41, 5.74) is 5.83. The molecular formula is C6H15NS2. The lowest BCUT2D eigenvalue weighted by Gasteiger charge is -2.20. The van der Waals surface area contributed by atoms with Crippen LogP contribution < -0.4 is 5.73 Å². The van der Waals surface area contributed by atoms with Gasteiger partial charge in [-0.15, -0.1) is 11.8 Å². The molecule has 1 unspecified atom stereocenters. The molecule has 0 aromatic rings. The topological polar surface area (TPSA) is 26.0 Å². The van der Waals surface area contributed by atoms with E-state index in [1.54, 1.807) is 11.8 Å². The molecule has 0 amide bonds. The summed E-state index contributed by atoms with van der Waals surface area (Å²) in [6.45, 7) is 4.16. The minimum Gasteiger partial charge on any atom is -0.317 e. The van der Waals surface area contributed by atoms with E-state index in [1.807, 2.05) is 0 Å². The summed E-state index contributed by atoms with van der Waals surface area (Å²) in [5.74, 6) is 1.96. The van der Waals surface area contributed by atoms with Gasteiger partial charge in [0.2, 0.25) is 0 Å². The highest BCUT2D eigenvalue weighted by atomic mass is 32.2. The van der Waals surface area contributed by atoms with Gasteiger partial charge in [-0.3, -0.25) is 0 Å². The van der Waals surface area contributed by atoms with E-state index in [2.05, 4.69) is 26.5 Å². The molecule has 0 aliphatic rings. The molecule has 0 spiro atoms. The van der Waals surface area contributed by atoms with Crippen molar-refractivity contribution in [3.63, 3.8) is 0 Å². The SMILES string of the molecule is CCC(C)(N)SCCS. The van der Waals surface area contributed by atoms with Crippen molar-refractivity contribution in [2.45, 2.75) is 25.1 Å². The van der Waals surface area contributed by atoms with Crippen LogP contribution in [0.2, 0.25) is 0 Å². The molecule has 3 heteroatoms. The van der Waals surface area contributed by atoms with Gasteiger partial charge < -0.3 is 5.73 Å². The second-order valence-electron chi connectivity index (χ2n) is 2.24. The third-order valence-electron chi connectivity index (χ3n) is 1.23. The molecule has 9 heavy (non-hydrogen) atoms. The van der Waals surface area contributed by atoms with Crippen molar-refractivity contribution in [2.75, 3.05) is 11.5 Å². The first-order valence-corrected chi connectivity index (χ1v) is 4.78. The minimum absolute atomic E-state index is 0.0390. The van der Waals surface area contributed by atoms with Crippen molar-refractivity contribution in [1.82, 2.24) is 0 Å². The lowest BCUT2D eigenvalue weighted by atomic mass is 10.3. The lowest BCUT2D eigenvalue weighted by Crippen LogP contribution is -2.31. The molecule has 0 aromatic carbocycles. The van der Waals surface area contributed by atoms with Gasteiger partial charge in [-0.25, -0.2) is 0 Å². The summed E-state index contributed by atoms with van der Waals surface area (Å²) in [7, 11) is 0. The van der Waals surface area contributed by atoms with Gasteiger partial charge in [-0.1, -0.05) is 6.92 Å². The molecule has 0 bridgehead atoms. The molecule has 0 saturated carbocycles. The van der Waals surface area contributed by atoms with Crippen molar-refractivity contribution >= 4 is 24.4 Å². The fourth-order valence-corrected chi connectivity index (χ4v) is 1.42. The third kappa shape index (κ3) is 5.12. The van der Waals surface area contributed by atoms with Crippen LogP contribution in [0.5, 0.6) is 0 Å². The Bertz CT molecular complexity index is 73.5. The van der Waals surface area contributed by atoms with Crippen LogP contribution >= 0.6 is 24.4 Å². The van der Waals surface area contributed by atoms with E-state index in [0.717, 1.165) is 17.9 Å². The van der Waals surface area contributed by atoms with Gasteiger partial charge in [0.15, 0.2) is 0 Å². The van der Waals surface area contributed by atoms with Crippen molar-refractivity contribution < 1.29 is 0 Å². The van der Waals surface area contributed by atoms with Gasteiger partial charge in [0.1, 0.15) is 0 Å². The zero-order valence-corrected chi connectivity index (χ0v) is 7.77. The summed E-state index contributed by atoms with van der Waals surface area (Å²) in [6, 6.07) is 0. The summed E-state index contributed by atoms with van der Waals surface area (Å²) in [6.07, 6.45) is 1.02. The largest absolute Gasteiger partial charge is 0.317 e. The van der Waals surface area contributed by atoms with Gasteiger partial charge in [0, 0.05) is 5.75 Å². The predicted octanol–water partition coefficient (Wildman–Crippen LogP) is 1.73. The van der Waals surface area contributed by atoms with Crippen molar-refractivity contribution in [2.24, 2.45) is 5.73 Å². The number of hydrogen-bond acceptors (Lipinski definition) is 3. The smallest absolute Gasteiger partial charge is 0.0589 e. The van der Waals surface area contributed by atoms with Crippen LogP contribution in [0.1, 0.15) is 20.3 Å². The van der Waals surface area contributed by atoms with E-state index in [-0.39, 0.29) is 4.87 Å². The molecule has 0 aliphatic heterocycles. The minimum atomic E-state index is -0.0390. The predicted molar refractivity (Wildman–Crippen MR) is 49.2 cm³/mol. The Kier molecular flexibility index (Phi) is 4.80. The maximum Gasteiger partial charge on any atom is 0.0589 e. The molecule has 1 nitrogen and oxygen atoms in total. The highest BCUT2D eigenvalue weighted by molar-refractivity contribution is 8.01. The molecule has 1 atom stereocenters. The van der Waals surface area contributed by atoms with Crippen molar-refractivity contribution in [3.8, 4) is 0 Å². The Hall–Kier alpha value is 0.660. The van der Waals surface area contributed by atoms with Gasteiger partial charge in [-0.2, -0.15) is 12.6 Å². The average Bonchev–Trinajstić information content (AvgIpc) is 1.84. The van der Waals surface area contributed by atoms with Gasteiger partial charge in [0.05, 0.1) is 4.87 Å². The van der Waals surface area contributed by atoms with E-state index in [0.29, 0.717) is 0 Å². The standard InChI is InChI=1S/C6H15NS2/c1-3-6(2,7)9-5-4-8/h8H,3-5,7H2,1-2H3. The number of nitrogens with two attached hydrogens (primary N) is 1. The van der Waals surface area contributed by atoms with Gasteiger partial charge in [-0.05, 0) is 19.1 Å². The van der Waals surface area contributed by atoms with E-state index in [1.165, 1.54) is 0 Å². The monoisotopic (exact) mass is 165 g/mol. The average molecular weight is 165 g/mol. The molecule has 0 aromatic heterocycles. The first-order chi connectivity index (χ1) is 4.12. The molecule has 2 N–H and O–H groups in total. The maximum atomic E-state index is 5.83. The van der Waals surface area contributed by atoms with Crippen LogP contribution in [-0.4, -0.2) is 16.4 Å². The Labute approximate surface area is 67.2 Å². The van der Waals surface area contributed by atoms with Gasteiger partial charge >= 0.3 is 0 Å². The first kappa shape index (κ1) is 9.66. The molecule has 0 saturated heterocycles. The van der Waals surface area contributed by atoms with Crippen molar-refractivity contribution in [3.05, 3.63) is 0 Å². The number of rotatable bonds is 4. The van der Waals surface area contributed by atoms with Crippen LogP contribution in [0.15, 0.2) is 0 Å². The second-order valence-corrected chi connectivity index (χ2v) is 4.32. The van der Waals surface area contributed by atoms with Crippen molar-refractivity contribution in [1.29, 1.82) is 0 Å². The molecule has 0 fully saturated rings. The molecule has 0 heterocycles. The second kappa shape index (κ2) is 4.47. The van der Waals surface area contributed by atoms with E-state index >= 15 is 0 Å². The first-order valence-electron chi connectivity index (χ1n) is 3.16. The molecule has 56 valence electrons. The maximum absolute atomic E-state index is 5.83. The fourth-order valence-electron chi connectivity index (χ4n) is 0.381. The Balaban J connectivity index is 3.33. The molecular weight excluding hydrogens is 150 g/mol. The summed E-state index contributed by atoms with van der Waals surface area (Å²) >= 11 is 5.88. The van der Waals surface area contributed by atoms with E-state index in [4.69, 9.17) is 5.73 Å². The van der Waals surface area contributed by atoms with E-state index in [9.17, 15) is 0 Å². The summed E-state index contributed by atoms with van der Waals surface area (Å²) in [4.78, 5) is -0.0390. The normalized spacial score (nSPS) is 17.3. The zero-order valence-electron chi connectivity index (χ0n) is 6.05. The number of thiol groups is 1.